The van der Waals surface area contributed by atoms with Crippen molar-refractivity contribution < 1.29 is 19.1 Å². The van der Waals surface area contributed by atoms with Crippen molar-refractivity contribution in [3.8, 4) is 5.75 Å². The molecular weight excluding hydrogens is 470 g/mol. The smallest absolute Gasteiger partial charge is 0.303 e. The van der Waals surface area contributed by atoms with E-state index in [1.165, 1.54) is 49.8 Å². The summed E-state index contributed by atoms with van der Waals surface area (Å²) in [7, 11) is 1.69. The van der Waals surface area contributed by atoms with Crippen LogP contribution < -0.4 is 10.1 Å². The first kappa shape index (κ1) is 27.9. The molecule has 37 heavy (non-hydrogen) atoms. The maximum Gasteiger partial charge on any atom is 0.303 e. The summed E-state index contributed by atoms with van der Waals surface area (Å²) in [5.41, 5.74) is 2.21. The molecule has 0 atom stereocenters. The Hall–Kier alpha value is -3.72. The van der Waals surface area contributed by atoms with Crippen LogP contribution in [0.5, 0.6) is 5.75 Å². The predicted octanol–water partition coefficient (Wildman–Crippen LogP) is 3.44. The van der Waals surface area contributed by atoms with Gasteiger partial charge in [-0.05, 0) is 49.2 Å². The summed E-state index contributed by atoms with van der Waals surface area (Å²) < 4.78 is 10.6. The van der Waals surface area contributed by atoms with Gasteiger partial charge in [-0.15, -0.1) is 0 Å². The third-order valence-corrected chi connectivity index (χ3v) is 5.75. The number of hydrazone groups is 1. The summed E-state index contributed by atoms with van der Waals surface area (Å²) in [6.45, 7) is 5.11. The van der Waals surface area contributed by atoms with Crippen LogP contribution in [0, 0.1) is 0 Å². The van der Waals surface area contributed by atoms with Crippen molar-refractivity contribution >= 4 is 24.1 Å². The number of rotatable bonds is 11. The Bertz CT molecular complexity index is 1030. The van der Waals surface area contributed by atoms with E-state index in [0.29, 0.717) is 19.6 Å². The second kappa shape index (κ2) is 15.4. The number of nitrogens with one attached hydrogen (secondary N) is 1. The standard InChI is InChI=1S/C28H37N5O4/c1-23(34)37-22-27(35)31-28(32(2)30-20-24-10-5-3-6-11-24)29-16-9-19-36-26-14-12-25(13-15-26)21-33-17-7-4-8-18-33/h3,5-6,10-15,20H,4,7-9,16-19,21-22H2,1-2H3,(H,29,31,35). The van der Waals surface area contributed by atoms with E-state index in [9.17, 15) is 9.59 Å². The topological polar surface area (TPSA) is 95.8 Å². The number of carbonyl (C=O) groups is 2. The molecule has 3 rings (SSSR count). The van der Waals surface area contributed by atoms with E-state index < -0.39 is 11.9 Å². The van der Waals surface area contributed by atoms with E-state index in [-0.39, 0.29) is 12.6 Å². The van der Waals surface area contributed by atoms with Crippen molar-refractivity contribution in [3.05, 3.63) is 65.7 Å². The summed E-state index contributed by atoms with van der Waals surface area (Å²) in [6, 6.07) is 17.9. The van der Waals surface area contributed by atoms with Crippen LogP contribution in [-0.2, 0) is 20.9 Å². The maximum atomic E-state index is 12.2. The van der Waals surface area contributed by atoms with Crippen LogP contribution in [-0.4, -0.2) is 73.9 Å². The van der Waals surface area contributed by atoms with Crippen LogP contribution >= 0.6 is 0 Å². The third kappa shape index (κ3) is 10.8. The van der Waals surface area contributed by atoms with Crippen LogP contribution in [0.2, 0.25) is 0 Å². The van der Waals surface area contributed by atoms with E-state index in [2.05, 4.69) is 32.4 Å². The number of likely N-dealkylation sites (tertiary alicyclic amines) is 1. The SMILES string of the molecule is CC(=O)OCC(=O)NC(=NCCCOc1ccc(CN2CCCCC2)cc1)N(C)N=Cc1ccccc1. The fraction of sp³-hybridized carbons (Fsp3) is 0.429. The summed E-state index contributed by atoms with van der Waals surface area (Å²) in [4.78, 5) is 30.2. The summed E-state index contributed by atoms with van der Waals surface area (Å²) in [6.07, 6.45) is 6.24. The van der Waals surface area contributed by atoms with Crippen molar-refractivity contribution in [3.63, 3.8) is 0 Å². The molecule has 2 aromatic rings. The van der Waals surface area contributed by atoms with E-state index in [4.69, 9.17) is 9.47 Å². The molecule has 1 saturated heterocycles. The van der Waals surface area contributed by atoms with Gasteiger partial charge in [-0.3, -0.25) is 24.8 Å². The number of hydrogen-bond donors (Lipinski definition) is 1. The highest BCUT2D eigenvalue weighted by atomic mass is 16.5. The molecule has 1 aliphatic rings. The highest BCUT2D eigenvalue weighted by Gasteiger charge is 2.12. The van der Waals surface area contributed by atoms with Crippen LogP contribution in [0.25, 0.3) is 0 Å². The number of nitrogens with zero attached hydrogens (tertiary/aromatic N) is 4. The van der Waals surface area contributed by atoms with Crippen molar-refractivity contribution in [2.24, 2.45) is 10.1 Å². The number of amides is 1. The third-order valence-electron chi connectivity index (χ3n) is 5.75. The van der Waals surface area contributed by atoms with E-state index >= 15 is 0 Å². The monoisotopic (exact) mass is 507 g/mol. The zero-order valence-corrected chi connectivity index (χ0v) is 21.8. The molecule has 1 amide bonds. The molecule has 0 saturated carbocycles. The Morgan fingerprint density at radius 1 is 1.05 bits per heavy atom. The van der Waals surface area contributed by atoms with Crippen LogP contribution in [0.3, 0.4) is 0 Å². The molecule has 0 spiro atoms. The van der Waals surface area contributed by atoms with Gasteiger partial charge in [0.25, 0.3) is 5.91 Å². The van der Waals surface area contributed by atoms with Gasteiger partial charge in [0.2, 0.25) is 5.96 Å². The quantitative estimate of drug-likeness (QED) is 0.165. The number of piperidine rings is 1. The van der Waals surface area contributed by atoms with Gasteiger partial charge in [-0.2, -0.15) is 5.10 Å². The van der Waals surface area contributed by atoms with Crippen molar-refractivity contribution in [1.29, 1.82) is 0 Å². The zero-order valence-electron chi connectivity index (χ0n) is 21.8. The van der Waals surface area contributed by atoms with Gasteiger partial charge in [-0.1, -0.05) is 48.9 Å². The number of hydrogen-bond acceptors (Lipinski definition) is 7. The number of aliphatic imine (C=N–C) groups is 1. The molecule has 1 aliphatic heterocycles. The largest absolute Gasteiger partial charge is 0.494 e. The minimum atomic E-state index is -0.527. The number of ether oxygens (including phenoxy) is 2. The van der Waals surface area contributed by atoms with Gasteiger partial charge in [0.05, 0.1) is 12.8 Å². The van der Waals surface area contributed by atoms with Crippen molar-refractivity contribution in [2.45, 2.75) is 39.2 Å². The van der Waals surface area contributed by atoms with Crippen molar-refractivity contribution in [2.75, 3.05) is 39.9 Å². The molecule has 1 N–H and O–H groups in total. The Labute approximate surface area is 219 Å². The van der Waals surface area contributed by atoms with Gasteiger partial charge in [-0.25, -0.2) is 5.01 Å². The Balaban J connectivity index is 1.49. The molecule has 0 unspecified atom stereocenters. The number of carbonyl (C=O) groups excluding carboxylic acids is 2. The normalized spacial score (nSPS) is 14.4. The molecule has 2 aromatic carbocycles. The second-order valence-electron chi connectivity index (χ2n) is 8.90. The lowest BCUT2D eigenvalue weighted by Gasteiger charge is -2.26. The predicted molar refractivity (Wildman–Crippen MR) is 145 cm³/mol. The first-order chi connectivity index (χ1) is 18.0. The fourth-order valence-corrected chi connectivity index (χ4v) is 3.80. The summed E-state index contributed by atoms with van der Waals surface area (Å²) in [5, 5.41) is 8.49. The van der Waals surface area contributed by atoms with E-state index in [1.54, 1.807) is 13.3 Å². The first-order valence-electron chi connectivity index (χ1n) is 12.7. The molecule has 1 fully saturated rings. The highest BCUT2D eigenvalue weighted by Crippen LogP contribution is 2.16. The molecule has 9 heteroatoms. The van der Waals surface area contributed by atoms with Gasteiger partial charge in [0.15, 0.2) is 6.61 Å². The summed E-state index contributed by atoms with van der Waals surface area (Å²) >= 11 is 0. The van der Waals surface area contributed by atoms with Crippen LogP contribution in [0.1, 0.15) is 43.7 Å². The highest BCUT2D eigenvalue weighted by molar-refractivity contribution is 5.98. The average molecular weight is 508 g/mol. The second-order valence-corrected chi connectivity index (χ2v) is 8.90. The molecular formula is C28H37N5O4. The average Bonchev–Trinajstić information content (AvgIpc) is 2.92. The number of esters is 1. The number of guanidine groups is 1. The summed E-state index contributed by atoms with van der Waals surface area (Å²) in [5.74, 6) is 0.0645. The maximum absolute atomic E-state index is 12.2. The van der Waals surface area contributed by atoms with Crippen LogP contribution in [0.4, 0.5) is 0 Å². The first-order valence-corrected chi connectivity index (χ1v) is 12.7. The van der Waals surface area contributed by atoms with E-state index in [0.717, 1.165) is 17.9 Å². The molecule has 0 aliphatic carbocycles. The van der Waals surface area contributed by atoms with Crippen LogP contribution in [0.15, 0.2) is 64.7 Å². The molecule has 198 valence electrons. The van der Waals surface area contributed by atoms with Gasteiger partial charge < -0.3 is 9.47 Å². The Morgan fingerprint density at radius 3 is 2.49 bits per heavy atom. The van der Waals surface area contributed by atoms with E-state index in [1.807, 2.05) is 42.5 Å². The van der Waals surface area contributed by atoms with Crippen molar-refractivity contribution in [1.82, 2.24) is 15.2 Å². The zero-order chi connectivity index (χ0) is 26.3. The lowest BCUT2D eigenvalue weighted by molar-refractivity contribution is -0.146. The molecule has 0 aromatic heterocycles. The van der Waals surface area contributed by atoms with Gasteiger partial charge >= 0.3 is 5.97 Å². The molecule has 0 bridgehead atoms. The van der Waals surface area contributed by atoms with Gasteiger partial charge in [0.1, 0.15) is 5.75 Å². The lowest BCUT2D eigenvalue weighted by atomic mass is 10.1. The molecule has 9 nitrogen and oxygen atoms in total. The lowest BCUT2D eigenvalue weighted by Crippen LogP contribution is -2.42. The minimum absolute atomic E-state index is 0.256. The minimum Gasteiger partial charge on any atom is -0.494 e. The Morgan fingerprint density at radius 2 is 1.78 bits per heavy atom. The molecule has 0 radical (unpaired) electrons. The number of benzene rings is 2. The molecule has 1 heterocycles. The fourth-order valence-electron chi connectivity index (χ4n) is 3.80. The van der Waals surface area contributed by atoms with Gasteiger partial charge in [0, 0.05) is 33.5 Å². The Kier molecular flexibility index (Phi) is 11.6.